The number of carbonyl (C=O) groups excluding carboxylic acids is 1. The highest BCUT2D eigenvalue weighted by atomic mass is 32.2. The molecule has 0 bridgehead atoms. The highest BCUT2D eigenvalue weighted by molar-refractivity contribution is 8.01. The zero-order valence-electron chi connectivity index (χ0n) is 15.8. The monoisotopic (exact) mass is 401 g/mol. The van der Waals surface area contributed by atoms with Crippen LogP contribution in [0.5, 0.6) is 0 Å². The second-order valence-corrected chi connectivity index (χ2v) is 8.83. The predicted octanol–water partition coefficient (Wildman–Crippen LogP) is -0.468. The van der Waals surface area contributed by atoms with Crippen molar-refractivity contribution in [2.24, 2.45) is 16.8 Å². The molecule has 9 nitrogen and oxygen atoms in total. The number of hydrogen-bond acceptors (Lipinski definition) is 7. The number of likely N-dealkylation sites (N-methyl/N-ethyl adjacent to an activating group) is 1. The summed E-state index contributed by atoms with van der Waals surface area (Å²) in [6, 6.07) is -1.11. The number of hydrogen-bond donors (Lipinski definition) is 4. The molecule has 10 heteroatoms. The van der Waals surface area contributed by atoms with Gasteiger partial charge in [0.05, 0.1) is 23.4 Å². The molecule has 7 atom stereocenters. The van der Waals surface area contributed by atoms with E-state index in [9.17, 15) is 29.7 Å². The summed E-state index contributed by atoms with van der Waals surface area (Å²) in [5.41, 5.74) is -0.0632. The summed E-state index contributed by atoms with van der Waals surface area (Å²) in [4.78, 5) is 41.0. The van der Waals surface area contributed by atoms with Gasteiger partial charge in [-0.3, -0.25) is 14.6 Å². The smallest absolute Gasteiger partial charge is 0.350 e. The first-order valence-corrected chi connectivity index (χ1v) is 9.80. The van der Waals surface area contributed by atoms with Gasteiger partial charge < -0.3 is 25.5 Å². The van der Waals surface area contributed by atoms with Crippen LogP contribution in [-0.4, -0.2) is 93.1 Å². The molecule has 2 heterocycles. The fourth-order valence-electron chi connectivity index (χ4n) is 3.70. The van der Waals surface area contributed by atoms with Crippen LogP contribution in [0.1, 0.15) is 20.3 Å². The molecule has 27 heavy (non-hydrogen) atoms. The zero-order chi connectivity index (χ0) is 20.5. The molecular formula is C17H27N3O6S. The molecule has 2 rings (SSSR count). The van der Waals surface area contributed by atoms with Gasteiger partial charge in [0.1, 0.15) is 11.6 Å². The first-order chi connectivity index (χ1) is 12.5. The Morgan fingerprint density at radius 2 is 1.93 bits per heavy atom. The maximum Gasteiger partial charge on any atom is 0.350 e. The Labute approximate surface area is 162 Å². The molecule has 1 fully saturated rings. The van der Waals surface area contributed by atoms with E-state index in [-0.39, 0.29) is 28.8 Å². The number of aliphatic imine (C=N–C) groups is 1. The summed E-state index contributed by atoms with van der Waals surface area (Å²) in [5.74, 6) is -3.92. The third-order valence-electron chi connectivity index (χ3n) is 5.13. The highest BCUT2D eigenvalue weighted by Gasteiger charge is 2.48. The van der Waals surface area contributed by atoms with Crippen LogP contribution in [0.2, 0.25) is 0 Å². The van der Waals surface area contributed by atoms with Crippen LogP contribution in [0.3, 0.4) is 0 Å². The topological polar surface area (TPSA) is 140 Å². The summed E-state index contributed by atoms with van der Waals surface area (Å²) in [5, 5.41) is 31.5. The SMILES string of the molecule is CC(O)[C@@H](C(=O)O)[C@@H]1N=C(C(=O)O)[C@@H](S[C@@H]2CN[C@H](C(=O)N(C)C)C2)[C@@H]1C. The number of nitrogens with one attached hydrogen (secondary N) is 1. The van der Waals surface area contributed by atoms with Crippen molar-refractivity contribution in [3.8, 4) is 0 Å². The normalized spacial score (nSPS) is 32.6. The summed E-state index contributed by atoms with van der Waals surface area (Å²) >= 11 is 1.42. The Morgan fingerprint density at radius 1 is 1.30 bits per heavy atom. The zero-order valence-corrected chi connectivity index (χ0v) is 16.6. The van der Waals surface area contributed by atoms with Gasteiger partial charge in [-0.05, 0) is 19.3 Å². The van der Waals surface area contributed by atoms with Gasteiger partial charge in [-0.25, -0.2) is 4.79 Å². The minimum Gasteiger partial charge on any atom is -0.481 e. The molecule has 4 N–H and O–H groups in total. The van der Waals surface area contributed by atoms with Gasteiger partial charge in [-0.1, -0.05) is 6.92 Å². The number of amides is 1. The van der Waals surface area contributed by atoms with Gasteiger partial charge >= 0.3 is 11.9 Å². The van der Waals surface area contributed by atoms with E-state index in [2.05, 4.69) is 10.3 Å². The molecular weight excluding hydrogens is 374 g/mol. The van der Waals surface area contributed by atoms with Gasteiger partial charge in [0.25, 0.3) is 0 Å². The second kappa shape index (κ2) is 8.57. The lowest BCUT2D eigenvalue weighted by atomic mass is 9.86. The lowest BCUT2D eigenvalue weighted by molar-refractivity contribution is -0.146. The predicted molar refractivity (Wildman–Crippen MR) is 101 cm³/mol. The number of nitrogens with zero attached hydrogens (tertiary/aromatic N) is 2. The molecule has 0 aromatic heterocycles. The lowest BCUT2D eigenvalue weighted by Crippen LogP contribution is -2.40. The standard InChI is InChI=1S/C17H27N3O6S/c1-7-12(11(8(2)21)16(23)24)19-13(17(25)26)14(7)27-9-5-10(18-6-9)15(22)20(3)4/h7-12,14,18,21H,5-6H2,1-4H3,(H,23,24)(H,25,26)/t7-,8?,9+,10+,11-,12-,14+/m1/s1. The molecule has 1 amide bonds. The second-order valence-electron chi connectivity index (χ2n) is 7.38. The summed E-state index contributed by atoms with van der Waals surface area (Å²) in [6.07, 6.45) is -0.575. The molecule has 152 valence electrons. The third-order valence-corrected chi connectivity index (χ3v) is 6.82. The number of rotatable bonds is 7. The Morgan fingerprint density at radius 3 is 2.41 bits per heavy atom. The van der Waals surface area contributed by atoms with Crippen molar-refractivity contribution in [3.63, 3.8) is 0 Å². The first-order valence-electron chi connectivity index (χ1n) is 8.86. The maximum atomic E-state index is 12.1. The minimum absolute atomic E-state index is 0.0180. The van der Waals surface area contributed by atoms with E-state index < -0.39 is 35.3 Å². The van der Waals surface area contributed by atoms with Crippen molar-refractivity contribution < 1.29 is 29.7 Å². The van der Waals surface area contributed by atoms with Crippen LogP contribution in [0.15, 0.2) is 4.99 Å². The van der Waals surface area contributed by atoms with Crippen LogP contribution in [0.25, 0.3) is 0 Å². The molecule has 0 aromatic carbocycles. The van der Waals surface area contributed by atoms with Gasteiger partial charge in [0.15, 0.2) is 0 Å². The molecule has 0 saturated carbocycles. The number of carbonyl (C=O) groups is 3. The van der Waals surface area contributed by atoms with Crippen molar-refractivity contribution in [2.75, 3.05) is 20.6 Å². The first kappa shape index (κ1) is 21.6. The van der Waals surface area contributed by atoms with E-state index in [1.807, 2.05) is 0 Å². The van der Waals surface area contributed by atoms with Crippen LogP contribution >= 0.6 is 11.8 Å². The number of carboxylic acids is 2. The number of thioether (sulfide) groups is 1. The highest BCUT2D eigenvalue weighted by Crippen LogP contribution is 2.39. The van der Waals surface area contributed by atoms with Crippen LogP contribution < -0.4 is 5.32 Å². The maximum absolute atomic E-state index is 12.1. The molecule has 0 spiro atoms. The van der Waals surface area contributed by atoms with E-state index in [0.29, 0.717) is 13.0 Å². The van der Waals surface area contributed by atoms with Crippen LogP contribution in [0, 0.1) is 11.8 Å². The molecule has 2 aliphatic rings. The van der Waals surface area contributed by atoms with Gasteiger partial charge in [0.2, 0.25) is 5.91 Å². The molecule has 0 aliphatic carbocycles. The number of carboxylic acid groups (broad SMARTS) is 2. The molecule has 1 unspecified atom stereocenters. The third kappa shape index (κ3) is 4.61. The quantitative estimate of drug-likeness (QED) is 0.449. The van der Waals surface area contributed by atoms with Crippen molar-refractivity contribution in [1.29, 1.82) is 0 Å². The summed E-state index contributed by atoms with van der Waals surface area (Å²) in [6.45, 7) is 3.71. The van der Waals surface area contributed by atoms with E-state index in [1.54, 1.807) is 21.0 Å². The van der Waals surface area contributed by atoms with Crippen molar-refractivity contribution in [2.45, 2.75) is 49.0 Å². The van der Waals surface area contributed by atoms with Crippen molar-refractivity contribution in [3.05, 3.63) is 0 Å². The van der Waals surface area contributed by atoms with Crippen molar-refractivity contribution in [1.82, 2.24) is 10.2 Å². The van der Waals surface area contributed by atoms with E-state index in [4.69, 9.17) is 0 Å². The van der Waals surface area contributed by atoms with Crippen LogP contribution in [0.4, 0.5) is 0 Å². The Balaban J connectivity index is 2.15. The lowest BCUT2D eigenvalue weighted by Gasteiger charge is -2.27. The average molecular weight is 401 g/mol. The Hall–Kier alpha value is -1.65. The average Bonchev–Trinajstić information content (AvgIpc) is 3.13. The minimum atomic E-state index is -1.19. The summed E-state index contributed by atoms with van der Waals surface area (Å²) < 4.78 is 0. The van der Waals surface area contributed by atoms with E-state index in [1.165, 1.54) is 23.6 Å². The van der Waals surface area contributed by atoms with Gasteiger partial charge in [-0.2, -0.15) is 0 Å². The number of aliphatic carboxylic acids is 2. The molecule has 0 radical (unpaired) electrons. The fraction of sp³-hybridized carbons (Fsp3) is 0.765. The van der Waals surface area contributed by atoms with Gasteiger partial charge in [-0.15, -0.1) is 11.8 Å². The van der Waals surface area contributed by atoms with E-state index >= 15 is 0 Å². The Kier molecular flexibility index (Phi) is 6.87. The van der Waals surface area contributed by atoms with E-state index in [0.717, 1.165) is 0 Å². The largest absolute Gasteiger partial charge is 0.481 e. The molecule has 2 aliphatic heterocycles. The summed E-state index contributed by atoms with van der Waals surface area (Å²) in [7, 11) is 3.37. The molecule has 1 saturated heterocycles. The van der Waals surface area contributed by atoms with Crippen molar-refractivity contribution >= 4 is 35.3 Å². The Bertz CT molecular complexity index is 638. The van der Waals surface area contributed by atoms with Gasteiger partial charge in [0, 0.05) is 25.9 Å². The number of aliphatic hydroxyl groups excluding tert-OH is 1. The number of aliphatic hydroxyl groups is 1. The van der Waals surface area contributed by atoms with Crippen LogP contribution in [-0.2, 0) is 14.4 Å². The molecule has 0 aromatic rings. The fourth-order valence-corrected chi connectivity index (χ4v) is 5.31.